The second kappa shape index (κ2) is 39.6. The molecule has 0 rings (SSSR count). The first-order chi connectivity index (χ1) is 23.6. The Hall–Kier alpha value is -1.84. The lowest BCUT2D eigenvalue weighted by atomic mass is 10.0. The highest BCUT2D eigenvalue weighted by molar-refractivity contribution is 5.69. The van der Waals surface area contributed by atoms with E-state index in [-0.39, 0.29) is 12.1 Å². The molecule has 0 radical (unpaired) electrons. The van der Waals surface area contributed by atoms with Crippen molar-refractivity contribution in [2.45, 2.75) is 232 Å². The topological polar surface area (TPSA) is 63.6 Å². The lowest BCUT2D eigenvalue weighted by Crippen LogP contribution is -2.18. The number of allylic oxidation sites excluding steroid dienone is 6. The molecule has 0 aliphatic rings. The van der Waals surface area contributed by atoms with Crippen molar-refractivity contribution in [1.82, 2.24) is 0 Å². The van der Waals surface area contributed by atoms with Crippen LogP contribution in [0.5, 0.6) is 0 Å². The molecule has 4 nitrogen and oxygen atoms in total. The molecule has 0 amide bonds. The Morgan fingerprint density at radius 2 is 0.812 bits per heavy atom. The lowest BCUT2D eigenvalue weighted by molar-refractivity contribution is -0.150. The Labute approximate surface area is 299 Å². The molecule has 280 valence electrons. The van der Waals surface area contributed by atoms with Gasteiger partial charge in [0.2, 0.25) is 0 Å². The Kier molecular flexibility index (Phi) is 38.1. The number of carbonyl (C=O) groups is 2. The number of carbonyl (C=O) groups excluding carboxylic acids is 1. The van der Waals surface area contributed by atoms with Crippen LogP contribution in [0, 0.1) is 0 Å². The van der Waals surface area contributed by atoms with E-state index in [9.17, 15) is 9.59 Å². The number of aliphatic carboxylic acids is 1. The minimum atomic E-state index is -0.683. The molecular weight excluding hydrogens is 592 g/mol. The quantitative estimate of drug-likeness (QED) is 0.0403. The van der Waals surface area contributed by atoms with Gasteiger partial charge < -0.3 is 9.84 Å². The van der Waals surface area contributed by atoms with Crippen molar-refractivity contribution in [3.63, 3.8) is 0 Å². The van der Waals surface area contributed by atoms with Crippen LogP contribution in [-0.2, 0) is 14.3 Å². The van der Waals surface area contributed by atoms with Gasteiger partial charge in [0.05, 0.1) is 0 Å². The highest BCUT2D eigenvalue weighted by Gasteiger charge is 2.14. The standard InChI is InChI=1S/C44H80O4/c1-3-5-7-9-11-12-13-14-15-16-17-18-19-20-21-22-23-24-29-33-37-41-44(47)48-42(38-34-30-10-8-6-4-2)39-35-31-27-25-26-28-32-36-40-43(45)46/h11-12,14-15,20-21,42H,3-10,13,16-19,22-41H2,1-2H3,(H,45,46)/b12-11-,15-14-,21-20-. The summed E-state index contributed by atoms with van der Waals surface area (Å²) in [7, 11) is 0. The Bertz CT molecular complexity index is 768. The Morgan fingerprint density at radius 1 is 0.458 bits per heavy atom. The van der Waals surface area contributed by atoms with E-state index in [0.29, 0.717) is 12.8 Å². The van der Waals surface area contributed by atoms with E-state index in [0.717, 1.165) is 57.8 Å². The van der Waals surface area contributed by atoms with Crippen molar-refractivity contribution >= 4 is 11.9 Å². The zero-order valence-corrected chi connectivity index (χ0v) is 32.0. The molecule has 0 bridgehead atoms. The van der Waals surface area contributed by atoms with E-state index in [1.54, 1.807) is 0 Å². The fraction of sp³-hybridized carbons (Fsp3) is 0.818. The largest absolute Gasteiger partial charge is 0.481 e. The van der Waals surface area contributed by atoms with E-state index in [1.807, 2.05) is 0 Å². The van der Waals surface area contributed by atoms with Gasteiger partial charge in [0, 0.05) is 12.8 Å². The fourth-order valence-corrected chi connectivity index (χ4v) is 6.21. The first kappa shape index (κ1) is 46.2. The highest BCUT2D eigenvalue weighted by atomic mass is 16.5. The molecule has 0 aliphatic carbocycles. The number of carboxylic acid groups (broad SMARTS) is 1. The molecule has 4 heteroatoms. The normalized spacial score (nSPS) is 12.5. The van der Waals surface area contributed by atoms with Crippen LogP contribution in [0.25, 0.3) is 0 Å². The number of hydrogen-bond acceptors (Lipinski definition) is 3. The molecule has 0 spiro atoms. The van der Waals surface area contributed by atoms with Crippen molar-refractivity contribution < 1.29 is 19.4 Å². The van der Waals surface area contributed by atoms with E-state index in [2.05, 4.69) is 50.3 Å². The Balaban J connectivity index is 3.89. The summed E-state index contributed by atoms with van der Waals surface area (Å²) in [6.07, 6.45) is 51.8. The molecule has 1 atom stereocenters. The van der Waals surface area contributed by atoms with Crippen molar-refractivity contribution in [2.24, 2.45) is 0 Å². The average molecular weight is 673 g/mol. The fourth-order valence-electron chi connectivity index (χ4n) is 6.21. The number of carboxylic acids is 1. The number of ether oxygens (including phenoxy) is 1. The van der Waals surface area contributed by atoms with Crippen LogP contribution < -0.4 is 0 Å². The minimum Gasteiger partial charge on any atom is -0.481 e. The average Bonchev–Trinajstić information content (AvgIpc) is 3.07. The number of esters is 1. The lowest BCUT2D eigenvalue weighted by Gasteiger charge is -2.18. The summed E-state index contributed by atoms with van der Waals surface area (Å²) in [5.41, 5.74) is 0. The number of hydrogen-bond donors (Lipinski definition) is 1. The second-order valence-electron chi connectivity index (χ2n) is 14.2. The highest BCUT2D eigenvalue weighted by Crippen LogP contribution is 2.19. The molecule has 0 aliphatic heterocycles. The molecule has 0 saturated carbocycles. The molecular formula is C44H80O4. The van der Waals surface area contributed by atoms with Gasteiger partial charge in [0.1, 0.15) is 6.10 Å². The molecule has 0 saturated heterocycles. The maximum absolute atomic E-state index is 12.7. The van der Waals surface area contributed by atoms with Gasteiger partial charge in [0.15, 0.2) is 0 Å². The molecule has 0 aromatic rings. The van der Waals surface area contributed by atoms with E-state index < -0.39 is 5.97 Å². The van der Waals surface area contributed by atoms with Crippen molar-refractivity contribution in [1.29, 1.82) is 0 Å². The summed E-state index contributed by atoms with van der Waals surface area (Å²) in [6, 6.07) is 0. The number of rotatable bonds is 38. The van der Waals surface area contributed by atoms with Crippen LogP contribution in [0.1, 0.15) is 226 Å². The molecule has 48 heavy (non-hydrogen) atoms. The smallest absolute Gasteiger partial charge is 0.306 e. The summed E-state index contributed by atoms with van der Waals surface area (Å²) in [4.78, 5) is 23.3. The van der Waals surface area contributed by atoms with Gasteiger partial charge in [-0.1, -0.05) is 153 Å². The molecule has 0 heterocycles. The first-order valence-electron chi connectivity index (χ1n) is 21.0. The van der Waals surface area contributed by atoms with Gasteiger partial charge in [0.25, 0.3) is 0 Å². The SMILES string of the molecule is CCCCC/C=C\C/C=C\CCCC/C=C\CCCCCCCC(=O)OC(CCCCCCCC)CCCCCCCCCCC(=O)O. The summed E-state index contributed by atoms with van der Waals surface area (Å²) in [5.74, 6) is -0.669. The molecule has 0 aromatic carbocycles. The summed E-state index contributed by atoms with van der Waals surface area (Å²) < 4.78 is 6.01. The van der Waals surface area contributed by atoms with Gasteiger partial charge in [-0.15, -0.1) is 0 Å². The van der Waals surface area contributed by atoms with Crippen LogP contribution in [0.2, 0.25) is 0 Å². The first-order valence-corrected chi connectivity index (χ1v) is 21.0. The summed E-state index contributed by atoms with van der Waals surface area (Å²) in [5, 5.41) is 8.74. The Morgan fingerprint density at radius 3 is 1.31 bits per heavy atom. The van der Waals surface area contributed by atoms with Crippen LogP contribution in [0.15, 0.2) is 36.5 Å². The number of unbranched alkanes of at least 4 members (excludes halogenated alkanes) is 23. The summed E-state index contributed by atoms with van der Waals surface area (Å²) >= 11 is 0. The van der Waals surface area contributed by atoms with Crippen LogP contribution in [0.4, 0.5) is 0 Å². The molecule has 1 N–H and O–H groups in total. The predicted molar refractivity (Wildman–Crippen MR) is 209 cm³/mol. The van der Waals surface area contributed by atoms with Crippen molar-refractivity contribution in [2.75, 3.05) is 0 Å². The van der Waals surface area contributed by atoms with E-state index >= 15 is 0 Å². The maximum atomic E-state index is 12.7. The van der Waals surface area contributed by atoms with Gasteiger partial charge in [-0.2, -0.15) is 0 Å². The zero-order chi connectivity index (χ0) is 35.0. The third kappa shape index (κ3) is 38.6. The van der Waals surface area contributed by atoms with Gasteiger partial charge in [-0.3, -0.25) is 9.59 Å². The van der Waals surface area contributed by atoms with Crippen LogP contribution in [0.3, 0.4) is 0 Å². The third-order valence-electron chi connectivity index (χ3n) is 9.33. The van der Waals surface area contributed by atoms with E-state index in [4.69, 9.17) is 9.84 Å². The van der Waals surface area contributed by atoms with Gasteiger partial charge in [-0.05, 0) is 96.3 Å². The molecule has 1 unspecified atom stereocenters. The molecule has 0 fully saturated rings. The van der Waals surface area contributed by atoms with E-state index in [1.165, 1.54) is 141 Å². The third-order valence-corrected chi connectivity index (χ3v) is 9.33. The maximum Gasteiger partial charge on any atom is 0.306 e. The van der Waals surface area contributed by atoms with Gasteiger partial charge in [-0.25, -0.2) is 0 Å². The zero-order valence-electron chi connectivity index (χ0n) is 32.0. The predicted octanol–water partition coefficient (Wildman–Crippen LogP) is 14.6. The monoisotopic (exact) mass is 673 g/mol. The van der Waals surface area contributed by atoms with Crippen molar-refractivity contribution in [3.8, 4) is 0 Å². The van der Waals surface area contributed by atoms with Crippen LogP contribution in [-0.4, -0.2) is 23.1 Å². The second-order valence-corrected chi connectivity index (χ2v) is 14.2. The van der Waals surface area contributed by atoms with Crippen molar-refractivity contribution in [3.05, 3.63) is 36.5 Å². The molecule has 0 aromatic heterocycles. The van der Waals surface area contributed by atoms with Crippen LogP contribution >= 0.6 is 0 Å². The van der Waals surface area contributed by atoms with Gasteiger partial charge >= 0.3 is 11.9 Å². The summed E-state index contributed by atoms with van der Waals surface area (Å²) in [6.45, 7) is 4.51. The minimum absolute atomic E-state index is 0.0143.